The van der Waals surface area contributed by atoms with Crippen LogP contribution < -0.4 is 16.0 Å². The number of furan rings is 1. The molecule has 2 heterocycles. The van der Waals surface area contributed by atoms with E-state index in [1.165, 1.54) is 17.8 Å². The Labute approximate surface area is 187 Å². The molecule has 1 aromatic heterocycles. The van der Waals surface area contributed by atoms with Crippen LogP contribution in [-0.4, -0.2) is 23.6 Å². The summed E-state index contributed by atoms with van der Waals surface area (Å²) >= 11 is 7.46. The third-order valence-corrected chi connectivity index (χ3v) is 6.20. The highest BCUT2D eigenvalue weighted by Crippen LogP contribution is 2.30. The molecule has 1 aliphatic rings. The number of amides is 2. The standard InChI is InChI=1S/C22H19ClFN3O3S/c23-16-4-1-5-17(24)15(16)11-31-12-20-22(29)27-19-9-13(6-7-18(19)26-20)21(28)25-10-14-3-2-8-30-14/h1-9,20,26H,10-12H2,(H,25,28)(H,27,29). The molecule has 31 heavy (non-hydrogen) atoms. The van der Waals surface area contributed by atoms with Gasteiger partial charge in [-0.25, -0.2) is 4.39 Å². The second-order valence-corrected chi connectivity index (χ2v) is 8.36. The van der Waals surface area contributed by atoms with Crippen LogP contribution in [0.4, 0.5) is 15.8 Å². The second-order valence-electron chi connectivity index (χ2n) is 6.92. The fraction of sp³-hybridized carbons (Fsp3) is 0.182. The summed E-state index contributed by atoms with van der Waals surface area (Å²) in [5.41, 5.74) is 2.11. The molecule has 9 heteroatoms. The lowest BCUT2D eigenvalue weighted by Gasteiger charge is -2.27. The lowest BCUT2D eigenvalue weighted by atomic mass is 10.1. The largest absolute Gasteiger partial charge is 0.467 e. The van der Waals surface area contributed by atoms with Crippen LogP contribution in [-0.2, 0) is 17.1 Å². The smallest absolute Gasteiger partial charge is 0.251 e. The normalized spacial score (nSPS) is 15.0. The first-order valence-corrected chi connectivity index (χ1v) is 11.1. The lowest BCUT2D eigenvalue weighted by Crippen LogP contribution is -2.40. The van der Waals surface area contributed by atoms with Crippen molar-refractivity contribution >= 4 is 46.6 Å². The van der Waals surface area contributed by atoms with Gasteiger partial charge in [-0.15, -0.1) is 0 Å². The summed E-state index contributed by atoms with van der Waals surface area (Å²) in [5, 5.41) is 9.15. The fourth-order valence-electron chi connectivity index (χ4n) is 3.14. The predicted molar refractivity (Wildman–Crippen MR) is 120 cm³/mol. The van der Waals surface area contributed by atoms with Gasteiger partial charge in [0.1, 0.15) is 17.6 Å². The van der Waals surface area contributed by atoms with E-state index < -0.39 is 6.04 Å². The van der Waals surface area contributed by atoms with Gasteiger partial charge in [0.05, 0.1) is 24.2 Å². The molecule has 1 aliphatic heterocycles. The number of halogens is 2. The Balaban J connectivity index is 1.35. The van der Waals surface area contributed by atoms with E-state index in [9.17, 15) is 14.0 Å². The molecular formula is C22H19ClFN3O3S. The van der Waals surface area contributed by atoms with Crippen LogP contribution in [0.2, 0.25) is 5.02 Å². The Bertz CT molecular complexity index is 1090. The summed E-state index contributed by atoms with van der Waals surface area (Å²) in [6, 6.07) is 12.7. The summed E-state index contributed by atoms with van der Waals surface area (Å²) in [6.07, 6.45) is 1.54. The molecule has 1 unspecified atom stereocenters. The molecule has 0 bridgehead atoms. The van der Waals surface area contributed by atoms with Crippen molar-refractivity contribution in [3.8, 4) is 0 Å². The molecule has 0 saturated heterocycles. The van der Waals surface area contributed by atoms with E-state index in [1.54, 1.807) is 48.7 Å². The number of anilines is 2. The van der Waals surface area contributed by atoms with Crippen molar-refractivity contribution in [2.75, 3.05) is 16.4 Å². The van der Waals surface area contributed by atoms with Gasteiger partial charge in [0.25, 0.3) is 5.91 Å². The van der Waals surface area contributed by atoms with Gasteiger partial charge >= 0.3 is 0 Å². The molecule has 0 spiro atoms. The fourth-order valence-corrected chi connectivity index (χ4v) is 4.53. The van der Waals surface area contributed by atoms with Crippen LogP contribution in [0.25, 0.3) is 0 Å². The minimum Gasteiger partial charge on any atom is -0.467 e. The first-order valence-electron chi connectivity index (χ1n) is 9.54. The van der Waals surface area contributed by atoms with Crippen LogP contribution in [0.15, 0.2) is 59.2 Å². The molecule has 6 nitrogen and oxygen atoms in total. The third-order valence-electron chi connectivity index (χ3n) is 4.78. The van der Waals surface area contributed by atoms with E-state index >= 15 is 0 Å². The first kappa shape index (κ1) is 21.3. The minimum absolute atomic E-state index is 0.215. The topological polar surface area (TPSA) is 83.4 Å². The average molecular weight is 460 g/mol. The summed E-state index contributed by atoms with van der Waals surface area (Å²) in [7, 11) is 0. The number of hydrogen-bond donors (Lipinski definition) is 3. The monoisotopic (exact) mass is 459 g/mol. The summed E-state index contributed by atoms with van der Waals surface area (Å²) in [4.78, 5) is 24.9. The number of fused-ring (bicyclic) bond motifs is 1. The van der Waals surface area contributed by atoms with Crippen molar-refractivity contribution in [3.05, 3.63) is 82.5 Å². The van der Waals surface area contributed by atoms with Crippen molar-refractivity contribution in [3.63, 3.8) is 0 Å². The number of rotatable bonds is 7. The molecule has 3 N–H and O–H groups in total. The molecule has 3 aromatic rings. The number of nitrogens with one attached hydrogen (secondary N) is 3. The molecule has 0 radical (unpaired) electrons. The number of carbonyl (C=O) groups excluding carboxylic acids is 2. The van der Waals surface area contributed by atoms with Gasteiger partial charge in [0.2, 0.25) is 5.91 Å². The molecule has 0 fully saturated rings. The summed E-state index contributed by atoms with van der Waals surface area (Å²) < 4.78 is 19.1. The highest BCUT2D eigenvalue weighted by molar-refractivity contribution is 7.98. The van der Waals surface area contributed by atoms with Gasteiger partial charge in [-0.3, -0.25) is 9.59 Å². The van der Waals surface area contributed by atoms with Crippen molar-refractivity contribution in [2.45, 2.75) is 18.3 Å². The number of hydrogen-bond acceptors (Lipinski definition) is 5. The molecule has 1 atom stereocenters. The molecule has 2 aromatic carbocycles. The molecule has 2 amide bonds. The Morgan fingerprint density at radius 3 is 2.84 bits per heavy atom. The van der Waals surface area contributed by atoms with Crippen LogP contribution in [0.5, 0.6) is 0 Å². The Morgan fingerprint density at radius 1 is 1.19 bits per heavy atom. The van der Waals surface area contributed by atoms with Gasteiger partial charge < -0.3 is 20.4 Å². The minimum atomic E-state index is -0.485. The van der Waals surface area contributed by atoms with Crippen molar-refractivity contribution in [2.24, 2.45) is 0 Å². The Morgan fingerprint density at radius 2 is 2.06 bits per heavy atom. The molecule has 0 saturated carbocycles. The van der Waals surface area contributed by atoms with Gasteiger partial charge in [-0.1, -0.05) is 17.7 Å². The van der Waals surface area contributed by atoms with Crippen LogP contribution >= 0.6 is 23.4 Å². The number of benzene rings is 2. The van der Waals surface area contributed by atoms with E-state index in [0.717, 1.165) is 5.69 Å². The second kappa shape index (κ2) is 9.45. The van der Waals surface area contributed by atoms with E-state index in [1.807, 2.05) is 0 Å². The van der Waals surface area contributed by atoms with Gasteiger partial charge in [0, 0.05) is 27.7 Å². The van der Waals surface area contributed by atoms with Gasteiger partial charge in [-0.05, 0) is 42.5 Å². The quantitative estimate of drug-likeness (QED) is 0.478. The molecule has 0 aliphatic carbocycles. The molecule has 160 valence electrons. The van der Waals surface area contributed by atoms with Crippen LogP contribution in [0.1, 0.15) is 21.7 Å². The SMILES string of the molecule is O=C(NCc1ccco1)c1ccc2c(c1)NC(=O)C(CSCc1c(F)cccc1Cl)N2. The maximum Gasteiger partial charge on any atom is 0.251 e. The summed E-state index contributed by atoms with van der Waals surface area (Å²) in [6.45, 7) is 0.277. The first-order chi connectivity index (χ1) is 15.0. The van der Waals surface area contributed by atoms with Gasteiger partial charge in [0.15, 0.2) is 0 Å². The molecular weight excluding hydrogens is 441 g/mol. The molecule has 4 rings (SSSR count). The van der Waals surface area contributed by atoms with Crippen LogP contribution in [0.3, 0.4) is 0 Å². The number of carbonyl (C=O) groups is 2. The zero-order valence-electron chi connectivity index (χ0n) is 16.3. The Hall–Kier alpha value is -2.97. The van der Waals surface area contributed by atoms with Crippen molar-refractivity contribution in [1.29, 1.82) is 0 Å². The average Bonchev–Trinajstić information content (AvgIpc) is 3.27. The van der Waals surface area contributed by atoms with Crippen molar-refractivity contribution < 1.29 is 18.4 Å². The zero-order valence-corrected chi connectivity index (χ0v) is 17.9. The lowest BCUT2D eigenvalue weighted by molar-refractivity contribution is -0.116. The van der Waals surface area contributed by atoms with E-state index in [-0.39, 0.29) is 24.2 Å². The predicted octanol–water partition coefficient (Wildman–Crippen LogP) is 4.67. The highest BCUT2D eigenvalue weighted by Gasteiger charge is 2.26. The maximum absolute atomic E-state index is 13.9. The summed E-state index contributed by atoms with van der Waals surface area (Å²) in [5.74, 6) is 0.600. The zero-order chi connectivity index (χ0) is 21.8. The van der Waals surface area contributed by atoms with E-state index in [0.29, 0.717) is 39.1 Å². The van der Waals surface area contributed by atoms with E-state index in [4.69, 9.17) is 16.0 Å². The van der Waals surface area contributed by atoms with Crippen LogP contribution in [0, 0.1) is 5.82 Å². The highest BCUT2D eigenvalue weighted by atomic mass is 35.5. The van der Waals surface area contributed by atoms with Gasteiger partial charge in [-0.2, -0.15) is 11.8 Å². The Kier molecular flexibility index (Phi) is 6.48. The van der Waals surface area contributed by atoms with E-state index in [2.05, 4.69) is 16.0 Å². The van der Waals surface area contributed by atoms with Crippen molar-refractivity contribution in [1.82, 2.24) is 5.32 Å². The third kappa shape index (κ3) is 5.03. The number of thioether (sulfide) groups is 1. The maximum atomic E-state index is 13.9.